The normalized spacial score (nSPS) is 14.6. The fraction of sp³-hybridized carbons (Fsp3) is 0.353. The zero-order chi connectivity index (χ0) is 21.3. The first-order valence-corrected chi connectivity index (χ1v) is 9.24. The number of nitriles is 1. The molecule has 1 aromatic rings. The fourth-order valence-corrected chi connectivity index (χ4v) is 3.42. The number of nitrogens with one attached hydrogen (secondary N) is 1. The Labute approximate surface area is 167 Å². The zero-order valence-corrected chi connectivity index (χ0v) is 15.9. The Hall–Kier alpha value is -2.82. The molecule has 0 amide bonds. The fourth-order valence-electron chi connectivity index (χ4n) is 2.93. The van der Waals surface area contributed by atoms with Crippen LogP contribution in [0.15, 0.2) is 26.6 Å². The number of thiocyanates is 1. The van der Waals surface area contributed by atoms with E-state index in [4.69, 9.17) is 10.4 Å². The molecule has 12 heteroatoms. The van der Waals surface area contributed by atoms with Gasteiger partial charge >= 0.3 is 5.69 Å². The molecule has 0 saturated carbocycles. The Balaban J connectivity index is 2.30. The van der Waals surface area contributed by atoms with Crippen molar-refractivity contribution in [1.82, 2.24) is 19.5 Å². The second-order valence-corrected chi connectivity index (χ2v) is 7.20. The number of rotatable bonds is 6. The maximum absolute atomic E-state index is 12.2. The molecule has 2 aliphatic rings. The first-order valence-electron chi connectivity index (χ1n) is 8.43. The number of benzene rings is 1. The molecule has 2 heterocycles. The second kappa shape index (κ2) is 8.27. The molecule has 11 nitrogen and oxygen atoms in total. The molecule has 0 fully saturated rings. The van der Waals surface area contributed by atoms with Crippen LogP contribution in [0.4, 0.5) is 0 Å². The lowest BCUT2D eigenvalue weighted by atomic mass is 10.1. The highest BCUT2D eigenvalue weighted by molar-refractivity contribution is 8.03. The smallest absolute Gasteiger partial charge is 0.349 e. The summed E-state index contributed by atoms with van der Waals surface area (Å²) in [5.41, 5.74) is -0.420. The van der Waals surface area contributed by atoms with Crippen molar-refractivity contribution in [1.29, 1.82) is 5.26 Å². The number of aliphatic hydroxyl groups is 4. The average Bonchev–Trinajstić information content (AvgIpc) is 2.68. The third-order valence-electron chi connectivity index (χ3n) is 4.41. The molecule has 0 spiro atoms. The van der Waals surface area contributed by atoms with Crippen molar-refractivity contribution >= 4 is 22.8 Å². The summed E-state index contributed by atoms with van der Waals surface area (Å²) in [6.07, 6.45) is -4.86. The SMILES string of the molecule is Cc1cc2nc3c(=O)[nH]c(=O)nc-3n(CC(O)C(O)C(O)CO)c2cc1SC#N. The molecule has 0 aliphatic carbocycles. The molecule has 3 rings (SSSR count). The monoisotopic (exact) mass is 419 g/mol. The van der Waals surface area contributed by atoms with E-state index in [0.717, 1.165) is 17.3 Å². The van der Waals surface area contributed by atoms with Crippen molar-refractivity contribution in [2.45, 2.75) is 36.7 Å². The van der Waals surface area contributed by atoms with E-state index in [-0.39, 0.29) is 18.1 Å². The van der Waals surface area contributed by atoms with E-state index in [1.165, 1.54) is 4.57 Å². The van der Waals surface area contributed by atoms with Gasteiger partial charge in [-0.15, -0.1) is 0 Å². The maximum Gasteiger partial charge on any atom is 0.349 e. The van der Waals surface area contributed by atoms with Crippen LogP contribution in [0.1, 0.15) is 5.56 Å². The summed E-state index contributed by atoms with van der Waals surface area (Å²) in [5.74, 6) is -0.132. The number of aliphatic hydroxyl groups excluding tert-OH is 4. The van der Waals surface area contributed by atoms with Gasteiger partial charge in [-0.3, -0.25) is 9.78 Å². The summed E-state index contributed by atoms with van der Waals surface area (Å²) in [5, 5.41) is 49.9. The van der Waals surface area contributed by atoms with Crippen molar-refractivity contribution in [3.8, 4) is 16.9 Å². The predicted molar refractivity (Wildman–Crippen MR) is 102 cm³/mol. The third kappa shape index (κ3) is 4.00. The van der Waals surface area contributed by atoms with Crippen molar-refractivity contribution < 1.29 is 20.4 Å². The minimum atomic E-state index is -1.70. The number of aryl methyl sites for hydroxylation is 1. The molecule has 2 aliphatic heterocycles. The number of H-pyrrole nitrogens is 1. The van der Waals surface area contributed by atoms with Crippen LogP contribution in [0.3, 0.4) is 0 Å². The van der Waals surface area contributed by atoms with Gasteiger partial charge in [0.1, 0.15) is 23.7 Å². The van der Waals surface area contributed by atoms with Crippen molar-refractivity contribution in [2.24, 2.45) is 0 Å². The molecular weight excluding hydrogens is 402 g/mol. The minimum Gasteiger partial charge on any atom is -0.394 e. The van der Waals surface area contributed by atoms with Gasteiger partial charge in [-0.1, -0.05) is 0 Å². The molecule has 0 saturated heterocycles. The number of thioether (sulfide) groups is 1. The van der Waals surface area contributed by atoms with Gasteiger partial charge in [0.15, 0.2) is 11.5 Å². The number of aromatic nitrogens is 4. The van der Waals surface area contributed by atoms with Gasteiger partial charge in [-0.2, -0.15) is 10.2 Å². The van der Waals surface area contributed by atoms with Crippen LogP contribution in [0.25, 0.3) is 22.6 Å². The van der Waals surface area contributed by atoms with Crippen LogP contribution in [-0.2, 0) is 6.54 Å². The van der Waals surface area contributed by atoms with Crippen molar-refractivity contribution in [2.75, 3.05) is 6.61 Å². The quantitative estimate of drug-likeness (QED) is 0.180. The molecule has 5 N–H and O–H groups in total. The number of nitrogens with zero attached hydrogens (tertiary/aromatic N) is 4. The van der Waals surface area contributed by atoms with E-state index in [1.807, 2.05) is 10.4 Å². The van der Waals surface area contributed by atoms with Gasteiger partial charge in [0, 0.05) is 4.90 Å². The highest BCUT2D eigenvalue weighted by Crippen LogP contribution is 2.29. The Morgan fingerprint density at radius 3 is 2.62 bits per heavy atom. The van der Waals surface area contributed by atoms with Gasteiger partial charge in [0.2, 0.25) is 0 Å². The lowest BCUT2D eigenvalue weighted by Crippen LogP contribution is -2.42. The topological polar surface area (TPSA) is 185 Å². The Kier molecular flexibility index (Phi) is 5.96. The van der Waals surface area contributed by atoms with E-state index in [1.54, 1.807) is 19.1 Å². The average molecular weight is 419 g/mol. The van der Waals surface area contributed by atoms with Gasteiger partial charge < -0.3 is 25.0 Å². The number of fused-ring (bicyclic) bond motifs is 2. The molecule has 0 radical (unpaired) electrons. The lowest BCUT2D eigenvalue weighted by Gasteiger charge is -2.25. The molecule has 152 valence electrons. The van der Waals surface area contributed by atoms with E-state index < -0.39 is 36.2 Å². The summed E-state index contributed by atoms with van der Waals surface area (Å²) in [6, 6.07) is 3.24. The number of hydrogen-bond acceptors (Lipinski definition) is 10. The van der Waals surface area contributed by atoms with Crippen LogP contribution in [0, 0.1) is 17.6 Å². The van der Waals surface area contributed by atoms with Gasteiger partial charge in [0.05, 0.1) is 24.2 Å². The molecule has 0 aromatic heterocycles. The standard InChI is InChI=1S/C17H17N5O6S/c1-7-2-8-9(3-12(7)29-6-18)22(4-10(24)14(26)11(25)5-23)15-13(19-8)16(27)21-17(28)20-15/h2-3,10-11,14,23-26H,4-5H2,1H3,(H,21,27,28). The van der Waals surface area contributed by atoms with Crippen LogP contribution >= 0.6 is 11.8 Å². The van der Waals surface area contributed by atoms with Gasteiger partial charge in [0.25, 0.3) is 5.56 Å². The number of aromatic amines is 1. The molecule has 29 heavy (non-hydrogen) atoms. The lowest BCUT2D eigenvalue weighted by molar-refractivity contribution is -0.0802. The molecule has 0 bridgehead atoms. The molecular formula is C17H17N5O6S. The molecule has 1 aromatic carbocycles. The van der Waals surface area contributed by atoms with E-state index >= 15 is 0 Å². The maximum atomic E-state index is 12.2. The highest BCUT2D eigenvalue weighted by Gasteiger charge is 2.27. The van der Waals surface area contributed by atoms with Crippen LogP contribution in [-0.4, -0.2) is 64.9 Å². The third-order valence-corrected chi connectivity index (χ3v) is 5.16. The van der Waals surface area contributed by atoms with E-state index in [0.29, 0.717) is 15.9 Å². The Morgan fingerprint density at radius 2 is 1.97 bits per heavy atom. The Morgan fingerprint density at radius 1 is 1.24 bits per heavy atom. The largest absolute Gasteiger partial charge is 0.394 e. The summed E-state index contributed by atoms with van der Waals surface area (Å²) >= 11 is 0.900. The van der Waals surface area contributed by atoms with Crippen LogP contribution in [0.2, 0.25) is 0 Å². The Bertz CT molecular complexity index is 1190. The first kappa shape index (κ1) is 20.9. The van der Waals surface area contributed by atoms with Crippen molar-refractivity contribution in [3.63, 3.8) is 0 Å². The summed E-state index contributed by atoms with van der Waals surface area (Å²) < 4.78 is 1.31. The summed E-state index contributed by atoms with van der Waals surface area (Å²) in [6.45, 7) is 0.615. The van der Waals surface area contributed by atoms with Gasteiger partial charge in [-0.05, 0) is 36.4 Å². The first-order chi connectivity index (χ1) is 13.8. The highest BCUT2D eigenvalue weighted by atomic mass is 32.2. The summed E-state index contributed by atoms with van der Waals surface area (Å²) in [7, 11) is 0. The molecule has 3 atom stereocenters. The summed E-state index contributed by atoms with van der Waals surface area (Å²) in [4.78, 5) is 34.6. The van der Waals surface area contributed by atoms with Crippen molar-refractivity contribution in [3.05, 3.63) is 38.5 Å². The number of hydrogen-bond donors (Lipinski definition) is 5. The predicted octanol–water partition coefficient (Wildman–Crippen LogP) is -1.46. The zero-order valence-electron chi connectivity index (χ0n) is 15.1. The van der Waals surface area contributed by atoms with Crippen LogP contribution in [0.5, 0.6) is 0 Å². The van der Waals surface area contributed by atoms with E-state index in [2.05, 4.69) is 9.97 Å². The van der Waals surface area contributed by atoms with Crippen LogP contribution < -0.4 is 11.2 Å². The molecule has 3 unspecified atom stereocenters. The minimum absolute atomic E-state index is 0.132. The van der Waals surface area contributed by atoms with E-state index in [9.17, 15) is 24.9 Å². The van der Waals surface area contributed by atoms with Gasteiger partial charge in [-0.25, -0.2) is 9.78 Å². The second-order valence-electron chi connectivity index (χ2n) is 6.37.